The lowest BCUT2D eigenvalue weighted by molar-refractivity contribution is -0.168. The van der Waals surface area contributed by atoms with Crippen molar-refractivity contribution in [2.45, 2.75) is 38.4 Å². The Morgan fingerprint density at radius 1 is 1.24 bits per heavy atom. The average Bonchev–Trinajstić information content (AvgIpc) is 2.46. The number of amides is 1. The Morgan fingerprint density at radius 2 is 1.86 bits per heavy atom. The maximum atomic E-state index is 12.8. The molecule has 1 aliphatic heterocycles. The molecule has 5 nitrogen and oxygen atoms in total. The van der Waals surface area contributed by atoms with E-state index in [0.717, 1.165) is 5.56 Å². The molecule has 1 unspecified atom stereocenters. The number of hydrogen-bond donors (Lipinski definition) is 1. The van der Waals surface area contributed by atoms with Crippen molar-refractivity contribution in [1.29, 1.82) is 0 Å². The van der Waals surface area contributed by atoms with Crippen molar-refractivity contribution in [3.8, 4) is 0 Å². The Bertz CT molecular complexity index is 526. The molecule has 2 atom stereocenters. The van der Waals surface area contributed by atoms with Gasteiger partial charge < -0.3 is 14.7 Å². The lowest BCUT2D eigenvalue weighted by atomic mass is 9.83. The molecular weight excluding hydrogens is 270 g/mol. The van der Waals surface area contributed by atoms with Crippen LogP contribution in [0.25, 0.3) is 0 Å². The zero-order valence-corrected chi connectivity index (χ0v) is 12.6. The van der Waals surface area contributed by atoms with Gasteiger partial charge in [-0.1, -0.05) is 30.3 Å². The number of ether oxygens (including phenoxy) is 1. The van der Waals surface area contributed by atoms with Crippen LogP contribution in [-0.2, 0) is 19.7 Å². The molecule has 1 amide bonds. The summed E-state index contributed by atoms with van der Waals surface area (Å²) in [5.41, 5.74) is 0.225. The molecule has 1 heterocycles. The van der Waals surface area contributed by atoms with E-state index in [1.54, 1.807) is 11.8 Å². The molecule has 2 rings (SSSR count). The summed E-state index contributed by atoms with van der Waals surface area (Å²) in [6.45, 7) is 6.01. The Labute approximate surface area is 124 Å². The predicted molar refractivity (Wildman–Crippen MR) is 78.0 cm³/mol. The molecule has 114 valence electrons. The molecule has 21 heavy (non-hydrogen) atoms. The molecule has 1 aromatic rings. The van der Waals surface area contributed by atoms with E-state index in [1.807, 2.05) is 44.2 Å². The van der Waals surface area contributed by atoms with E-state index in [1.165, 1.54) is 0 Å². The number of carboxylic acids is 1. The number of carbonyl (C=O) groups excluding carboxylic acids is 1. The van der Waals surface area contributed by atoms with Gasteiger partial charge in [-0.25, -0.2) is 4.79 Å². The summed E-state index contributed by atoms with van der Waals surface area (Å²) in [6, 6.07) is 9.52. The standard InChI is InChI=1S/C16H21NO4/c1-11-9-17(10-13(21-11)14(18)19)15(20)16(2,3)12-7-5-4-6-8-12/h4-8,11,13H,9-10H2,1-3H3,(H,18,19)/t11-,13?/m1/s1. The van der Waals surface area contributed by atoms with Gasteiger partial charge in [0.25, 0.3) is 0 Å². The van der Waals surface area contributed by atoms with E-state index in [2.05, 4.69) is 0 Å². The molecule has 1 N–H and O–H groups in total. The van der Waals surface area contributed by atoms with E-state index in [9.17, 15) is 9.59 Å². The fourth-order valence-corrected chi connectivity index (χ4v) is 2.63. The van der Waals surface area contributed by atoms with Gasteiger partial charge in [0.2, 0.25) is 5.91 Å². The van der Waals surface area contributed by atoms with Crippen LogP contribution in [0.3, 0.4) is 0 Å². The number of carbonyl (C=O) groups is 2. The topological polar surface area (TPSA) is 66.8 Å². The first-order chi connectivity index (χ1) is 9.82. The summed E-state index contributed by atoms with van der Waals surface area (Å²) in [7, 11) is 0. The second-order valence-corrected chi connectivity index (χ2v) is 5.97. The zero-order valence-electron chi connectivity index (χ0n) is 12.6. The fraction of sp³-hybridized carbons (Fsp3) is 0.500. The van der Waals surface area contributed by atoms with Crippen molar-refractivity contribution >= 4 is 11.9 Å². The normalized spacial score (nSPS) is 22.9. The monoisotopic (exact) mass is 291 g/mol. The molecule has 1 saturated heterocycles. The van der Waals surface area contributed by atoms with Crippen LogP contribution in [0.4, 0.5) is 0 Å². The zero-order chi connectivity index (χ0) is 15.6. The van der Waals surface area contributed by atoms with Crippen molar-refractivity contribution in [3.63, 3.8) is 0 Å². The van der Waals surface area contributed by atoms with Crippen LogP contribution in [0, 0.1) is 0 Å². The summed E-state index contributed by atoms with van der Waals surface area (Å²) >= 11 is 0. The highest BCUT2D eigenvalue weighted by Crippen LogP contribution is 2.27. The van der Waals surface area contributed by atoms with Crippen molar-refractivity contribution in [2.24, 2.45) is 0 Å². The van der Waals surface area contributed by atoms with E-state index in [4.69, 9.17) is 9.84 Å². The van der Waals surface area contributed by atoms with Crippen molar-refractivity contribution in [1.82, 2.24) is 4.90 Å². The quantitative estimate of drug-likeness (QED) is 0.920. The molecule has 0 bridgehead atoms. The highest BCUT2D eigenvalue weighted by Gasteiger charge is 2.39. The largest absolute Gasteiger partial charge is 0.479 e. The molecule has 0 radical (unpaired) electrons. The maximum Gasteiger partial charge on any atom is 0.334 e. The highest BCUT2D eigenvalue weighted by molar-refractivity contribution is 5.88. The molecule has 1 fully saturated rings. The summed E-state index contributed by atoms with van der Waals surface area (Å²) in [6.07, 6.45) is -1.24. The first-order valence-corrected chi connectivity index (χ1v) is 7.05. The third-order valence-electron chi connectivity index (χ3n) is 3.85. The van der Waals surface area contributed by atoms with Crippen LogP contribution in [0.1, 0.15) is 26.3 Å². The number of benzene rings is 1. The third kappa shape index (κ3) is 3.24. The Morgan fingerprint density at radius 3 is 2.43 bits per heavy atom. The Balaban J connectivity index is 2.20. The second-order valence-electron chi connectivity index (χ2n) is 5.97. The summed E-state index contributed by atoms with van der Waals surface area (Å²) in [5, 5.41) is 9.11. The molecule has 5 heteroatoms. The van der Waals surface area contributed by atoms with Crippen LogP contribution in [0.15, 0.2) is 30.3 Å². The second kappa shape index (κ2) is 5.85. The van der Waals surface area contributed by atoms with Crippen LogP contribution in [0.5, 0.6) is 0 Å². The molecule has 1 aliphatic rings. The third-order valence-corrected chi connectivity index (χ3v) is 3.85. The Hall–Kier alpha value is -1.88. The van der Waals surface area contributed by atoms with E-state index < -0.39 is 17.5 Å². The van der Waals surface area contributed by atoms with Crippen LogP contribution < -0.4 is 0 Å². The van der Waals surface area contributed by atoms with Gasteiger partial charge in [0.05, 0.1) is 18.1 Å². The number of hydrogen-bond acceptors (Lipinski definition) is 3. The number of rotatable bonds is 3. The van der Waals surface area contributed by atoms with Gasteiger partial charge in [-0.05, 0) is 26.3 Å². The van der Waals surface area contributed by atoms with E-state index in [-0.39, 0.29) is 18.6 Å². The first kappa shape index (κ1) is 15.5. The van der Waals surface area contributed by atoms with Crippen LogP contribution in [-0.4, -0.2) is 47.2 Å². The lowest BCUT2D eigenvalue weighted by Gasteiger charge is -2.39. The van der Waals surface area contributed by atoms with Gasteiger partial charge in [-0.3, -0.25) is 4.79 Å². The molecule has 0 saturated carbocycles. The molecule has 1 aromatic carbocycles. The number of nitrogens with zero attached hydrogens (tertiary/aromatic N) is 1. The smallest absolute Gasteiger partial charge is 0.334 e. The van der Waals surface area contributed by atoms with Gasteiger partial charge in [-0.15, -0.1) is 0 Å². The van der Waals surface area contributed by atoms with Crippen molar-refractivity contribution in [3.05, 3.63) is 35.9 Å². The van der Waals surface area contributed by atoms with Gasteiger partial charge >= 0.3 is 5.97 Å². The average molecular weight is 291 g/mol. The first-order valence-electron chi connectivity index (χ1n) is 7.05. The summed E-state index contributed by atoms with van der Waals surface area (Å²) in [5.74, 6) is -1.10. The highest BCUT2D eigenvalue weighted by atomic mass is 16.5. The number of aliphatic carboxylic acids is 1. The van der Waals surface area contributed by atoms with Crippen LogP contribution >= 0.6 is 0 Å². The van der Waals surface area contributed by atoms with E-state index >= 15 is 0 Å². The van der Waals surface area contributed by atoms with Crippen LogP contribution in [0.2, 0.25) is 0 Å². The molecule has 0 spiro atoms. The molecule has 0 aliphatic carbocycles. The summed E-state index contributed by atoms with van der Waals surface area (Å²) in [4.78, 5) is 25.5. The maximum absolute atomic E-state index is 12.8. The SMILES string of the molecule is C[C@@H]1CN(C(=O)C(C)(C)c2ccccc2)CC(C(=O)O)O1. The summed E-state index contributed by atoms with van der Waals surface area (Å²) < 4.78 is 5.35. The molecule has 0 aromatic heterocycles. The van der Waals surface area contributed by atoms with Crippen molar-refractivity contribution in [2.75, 3.05) is 13.1 Å². The number of carboxylic acid groups (broad SMARTS) is 1. The van der Waals surface area contributed by atoms with Crippen molar-refractivity contribution < 1.29 is 19.4 Å². The minimum atomic E-state index is -1.03. The van der Waals surface area contributed by atoms with Gasteiger partial charge in [0, 0.05) is 6.54 Å². The fourth-order valence-electron chi connectivity index (χ4n) is 2.63. The minimum Gasteiger partial charge on any atom is -0.479 e. The van der Waals surface area contributed by atoms with E-state index in [0.29, 0.717) is 6.54 Å². The lowest BCUT2D eigenvalue weighted by Crippen LogP contribution is -2.55. The Kier molecular flexibility index (Phi) is 4.32. The van der Waals surface area contributed by atoms with Gasteiger partial charge in [0.15, 0.2) is 6.10 Å². The van der Waals surface area contributed by atoms with Gasteiger partial charge in [0.1, 0.15) is 0 Å². The minimum absolute atomic E-state index is 0.0740. The van der Waals surface area contributed by atoms with Gasteiger partial charge in [-0.2, -0.15) is 0 Å². The predicted octanol–water partition coefficient (Wildman–Crippen LogP) is 1.66. The number of morpholine rings is 1. The molecular formula is C16H21NO4.